The van der Waals surface area contributed by atoms with E-state index in [0.29, 0.717) is 6.04 Å². The van der Waals surface area contributed by atoms with Crippen molar-refractivity contribution < 1.29 is 0 Å². The Morgan fingerprint density at radius 1 is 1.17 bits per heavy atom. The quantitative estimate of drug-likeness (QED) is 0.632. The zero-order chi connectivity index (χ0) is 13.4. The normalized spacial score (nSPS) is 24.3. The van der Waals surface area contributed by atoms with E-state index >= 15 is 0 Å². The molecular formula is C16H34N2. The van der Waals surface area contributed by atoms with E-state index in [9.17, 15) is 0 Å². The summed E-state index contributed by atoms with van der Waals surface area (Å²) in [6, 6.07) is 1.48. The molecule has 2 unspecified atom stereocenters. The van der Waals surface area contributed by atoms with E-state index < -0.39 is 0 Å². The Balaban J connectivity index is 2.39. The zero-order valence-corrected chi connectivity index (χ0v) is 13.0. The van der Waals surface area contributed by atoms with Crippen LogP contribution in [0.5, 0.6) is 0 Å². The zero-order valence-electron chi connectivity index (χ0n) is 13.0. The van der Waals surface area contributed by atoms with Crippen LogP contribution in [0, 0.1) is 5.92 Å². The van der Waals surface area contributed by atoms with Gasteiger partial charge >= 0.3 is 0 Å². The Bertz CT molecular complexity index is 203. The van der Waals surface area contributed by atoms with Crippen LogP contribution in [-0.4, -0.2) is 36.6 Å². The van der Waals surface area contributed by atoms with Crippen LogP contribution in [0.25, 0.3) is 0 Å². The minimum atomic E-state index is 0.699. The molecule has 2 atom stereocenters. The van der Waals surface area contributed by atoms with Crippen molar-refractivity contribution in [3.8, 4) is 0 Å². The van der Waals surface area contributed by atoms with Gasteiger partial charge in [0.25, 0.3) is 0 Å². The van der Waals surface area contributed by atoms with Gasteiger partial charge in [-0.3, -0.25) is 0 Å². The summed E-state index contributed by atoms with van der Waals surface area (Å²) in [5, 5.41) is 3.68. The van der Waals surface area contributed by atoms with Gasteiger partial charge in [-0.15, -0.1) is 0 Å². The number of nitrogens with one attached hydrogen (secondary N) is 1. The van der Waals surface area contributed by atoms with Crippen LogP contribution in [-0.2, 0) is 0 Å². The van der Waals surface area contributed by atoms with Crippen molar-refractivity contribution in [2.75, 3.05) is 19.6 Å². The van der Waals surface area contributed by atoms with Crippen molar-refractivity contribution in [1.82, 2.24) is 10.2 Å². The molecule has 0 bridgehead atoms. The smallest absolute Gasteiger partial charge is 0.0107 e. The van der Waals surface area contributed by atoms with Crippen molar-refractivity contribution >= 4 is 0 Å². The Kier molecular flexibility index (Phi) is 7.92. The number of hydrogen-bond acceptors (Lipinski definition) is 2. The molecule has 1 aliphatic carbocycles. The molecule has 1 aliphatic rings. The van der Waals surface area contributed by atoms with E-state index in [1.807, 2.05) is 0 Å². The second-order valence-corrected chi connectivity index (χ2v) is 6.15. The van der Waals surface area contributed by atoms with Gasteiger partial charge in [0.15, 0.2) is 0 Å². The molecule has 1 saturated carbocycles. The third-order valence-electron chi connectivity index (χ3n) is 4.37. The van der Waals surface area contributed by atoms with Crippen molar-refractivity contribution in [2.45, 2.75) is 78.3 Å². The summed E-state index contributed by atoms with van der Waals surface area (Å²) in [6.07, 6.45) is 8.31. The predicted octanol–water partition coefficient (Wildman–Crippen LogP) is 3.67. The second-order valence-electron chi connectivity index (χ2n) is 6.15. The van der Waals surface area contributed by atoms with Crippen molar-refractivity contribution in [2.24, 2.45) is 5.92 Å². The molecule has 0 amide bonds. The molecule has 18 heavy (non-hydrogen) atoms. The maximum Gasteiger partial charge on any atom is 0.0107 e. The fourth-order valence-electron chi connectivity index (χ4n) is 3.21. The Labute approximate surface area is 115 Å². The molecule has 0 saturated heterocycles. The number of hydrogen-bond donors (Lipinski definition) is 1. The molecule has 2 heteroatoms. The van der Waals surface area contributed by atoms with Crippen LogP contribution in [0.3, 0.4) is 0 Å². The Morgan fingerprint density at radius 3 is 2.56 bits per heavy atom. The summed E-state index contributed by atoms with van der Waals surface area (Å²) in [7, 11) is 0. The van der Waals surface area contributed by atoms with E-state index in [2.05, 4.69) is 37.9 Å². The van der Waals surface area contributed by atoms with Gasteiger partial charge in [-0.25, -0.2) is 0 Å². The maximum absolute atomic E-state index is 3.68. The molecule has 0 radical (unpaired) electrons. The Hall–Kier alpha value is -0.0800. The minimum absolute atomic E-state index is 0.699. The monoisotopic (exact) mass is 254 g/mol. The van der Waals surface area contributed by atoms with Gasteiger partial charge in [-0.2, -0.15) is 0 Å². The molecule has 1 fully saturated rings. The Morgan fingerprint density at radius 2 is 1.94 bits per heavy atom. The molecule has 1 rings (SSSR count). The van der Waals surface area contributed by atoms with Crippen molar-refractivity contribution in [3.63, 3.8) is 0 Å². The molecule has 0 aromatic rings. The molecule has 2 nitrogen and oxygen atoms in total. The van der Waals surface area contributed by atoms with E-state index in [1.165, 1.54) is 51.6 Å². The van der Waals surface area contributed by atoms with Gasteiger partial charge in [0.05, 0.1) is 0 Å². The highest BCUT2D eigenvalue weighted by molar-refractivity contribution is 4.85. The van der Waals surface area contributed by atoms with Gasteiger partial charge in [0.1, 0.15) is 0 Å². The molecule has 0 aromatic heterocycles. The van der Waals surface area contributed by atoms with Gasteiger partial charge in [0.2, 0.25) is 0 Å². The van der Waals surface area contributed by atoms with Crippen LogP contribution >= 0.6 is 0 Å². The van der Waals surface area contributed by atoms with Gasteiger partial charge in [-0.1, -0.05) is 33.1 Å². The van der Waals surface area contributed by atoms with E-state index in [-0.39, 0.29) is 0 Å². The van der Waals surface area contributed by atoms with Crippen LogP contribution in [0.2, 0.25) is 0 Å². The lowest BCUT2D eigenvalue weighted by Gasteiger charge is -2.32. The van der Waals surface area contributed by atoms with Gasteiger partial charge in [0, 0.05) is 18.6 Å². The third kappa shape index (κ3) is 5.27. The van der Waals surface area contributed by atoms with Gasteiger partial charge in [-0.05, 0) is 52.1 Å². The number of rotatable bonds is 9. The number of unbranched alkanes of at least 4 members (excludes halogenated alkanes) is 2. The van der Waals surface area contributed by atoms with Crippen LogP contribution in [0.15, 0.2) is 0 Å². The standard InChI is InChI=1S/C16H34N2/c1-5-7-8-12-18(14(3)4)13-15-10-9-11-16(15)17-6-2/h14-17H,5-13H2,1-4H3. The minimum Gasteiger partial charge on any atom is -0.314 e. The fraction of sp³-hybridized carbons (Fsp3) is 1.00. The van der Waals surface area contributed by atoms with Crippen LogP contribution in [0.4, 0.5) is 0 Å². The SMILES string of the molecule is CCCCCN(CC1CCCC1NCC)C(C)C. The molecule has 0 heterocycles. The molecule has 0 spiro atoms. The lowest BCUT2D eigenvalue weighted by Crippen LogP contribution is -2.42. The lowest BCUT2D eigenvalue weighted by atomic mass is 10.0. The largest absolute Gasteiger partial charge is 0.314 e. The van der Waals surface area contributed by atoms with Gasteiger partial charge < -0.3 is 10.2 Å². The van der Waals surface area contributed by atoms with Crippen molar-refractivity contribution in [3.05, 3.63) is 0 Å². The predicted molar refractivity (Wildman–Crippen MR) is 81.0 cm³/mol. The molecular weight excluding hydrogens is 220 g/mol. The van der Waals surface area contributed by atoms with Crippen LogP contribution < -0.4 is 5.32 Å². The summed E-state index contributed by atoms with van der Waals surface area (Å²) in [5.41, 5.74) is 0. The summed E-state index contributed by atoms with van der Waals surface area (Å²) >= 11 is 0. The molecule has 0 aromatic carbocycles. The molecule has 1 N–H and O–H groups in total. The second kappa shape index (κ2) is 8.92. The molecule has 108 valence electrons. The first kappa shape index (κ1) is 16.0. The van der Waals surface area contributed by atoms with Crippen molar-refractivity contribution in [1.29, 1.82) is 0 Å². The first-order valence-corrected chi connectivity index (χ1v) is 8.16. The first-order valence-electron chi connectivity index (χ1n) is 8.16. The summed E-state index contributed by atoms with van der Waals surface area (Å²) < 4.78 is 0. The highest BCUT2D eigenvalue weighted by atomic mass is 15.1. The summed E-state index contributed by atoms with van der Waals surface area (Å²) in [4.78, 5) is 2.70. The first-order chi connectivity index (χ1) is 8.69. The lowest BCUT2D eigenvalue weighted by molar-refractivity contribution is 0.172. The molecule has 0 aliphatic heterocycles. The van der Waals surface area contributed by atoms with E-state index in [1.54, 1.807) is 0 Å². The average molecular weight is 254 g/mol. The third-order valence-corrected chi connectivity index (χ3v) is 4.37. The van der Waals surface area contributed by atoms with Crippen LogP contribution in [0.1, 0.15) is 66.2 Å². The fourth-order valence-corrected chi connectivity index (χ4v) is 3.21. The average Bonchev–Trinajstić information content (AvgIpc) is 2.76. The topological polar surface area (TPSA) is 15.3 Å². The highest BCUT2D eigenvalue weighted by Crippen LogP contribution is 2.27. The van der Waals surface area contributed by atoms with E-state index in [4.69, 9.17) is 0 Å². The highest BCUT2D eigenvalue weighted by Gasteiger charge is 2.28. The summed E-state index contributed by atoms with van der Waals surface area (Å²) in [5.74, 6) is 0.883. The summed E-state index contributed by atoms with van der Waals surface area (Å²) in [6.45, 7) is 12.9. The van der Waals surface area contributed by atoms with E-state index in [0.717, 1.165) is 18.5 Å². The number of nitrogens with zero attached hydrogens (tertiary/aromatic N) is 1. The maximum atomic E-state index is 3.68.